The van der Waals surface area contributed by atoms with Crippen LogP contribution in [0.1, 0.15) is 57.5 Å². The number of benzene rings is 1. The Morgan fingerprint density at radius 1 is 0.875 bits per heavy atom. The predicted octanol–water partition coefficient (Wildman–Crippen LogP) is 3.16. The molecule has 0 atom stereocenters. The Bertz CT molecular complexity index is 840. The van der Waals surface area contributed by atoms with Crippen LogP contribution in [0.15, 0.2) is 12.1 Å². The summed E-state index contributed by atoms with van der Waals surface area (Å²) >= 11 is 0. The van der Waals surface area contributed by atoms with Gasteiger partial charge in [-0.05, 0) is 53.7 Å². The Morgan fingerprint density at radius 3 is 1.81 bits per heavy atom. The van der Waals surface area contributed by atoms with Crippen molar-refractivity contribution in [3.8, 4) is 11.5 Å². The third kappa shape index (κ3) is 8.52. The molecule has 0 fully saturated rings. The van der Waals surface area contributed by atoms with Crippen molar-refractivity contribution in [1.29, 1.82) is 0 Å². The van der Waals surface area contributed by atoms with Gasteiger partial charge in [0.15, 0.2) is 11.5 Å². The van der Waals surface area contributed by atoms with Gasteiger partial charge in [0.2, 0.25) is 0 Å². The molecule has 0 aromatic heterocycles. The summed E-state index contributed by atoms with van der Waals surface area (Å²) < 4.78 is 26.9. The SMILES string of the molecule is CC(C)(C)OC(=O)NCCOc1cc2c(cc1OCCNC(=O)OC(C)(C)C)C(=O)OC2. The molecule has 0 radical (unpaired) electrons. The summed E-state index contributed by atoms with van der Waals surface area (Å²) in [4.78, 5) is 35.3. The minimum atomic E-state index is -0.598. The van der Waals surface area contributed by atoms with Gasteiger partial charge in [-0.1, -0.05) is 0 Å². The molecule has 0 saturated carbocycles. The summed E-state index contributed by atoms with van der Waals surface area (Å²) in [5.74, 6) is 0.283. The Kier molecular flexibility index (Phi) is 8.18. The second kappa shape index (κ2) is 10.4. The van der Waals surface area contributed by atoms with Gasteiger partial charge in [-0.2, -0.15) is 0 Å². The number of carbonyl (C=O) groups excluding carboxylic acids is 3. The Morgan fingerprint density at radius 2 is 1.34 bits per heavy atom. The zero-order valence-corrected chi connectivity index (χ0v) is 19.5. The van der Waals surface area contributed by atoms with Crippen LogP contribution in [-0.2, 0) is 20.8 Å². The maximum Gasteiger partial charge on any atom is 0.407 e. The molecule has 1 aliphatic heterocycles. The van der Waals surface area contributed by atoms with Crippen LogP contribution in [0.25, 0.3) is 0 Å². The monoisotopic (exact) mass is 452 g/mol. The molecule has 10 nitrogen and oxygen atoms in total. The van der Waals surface area contributed by atoms with Crippen molar-refractivity contribution in [1.82, 2.24) is 10.6 Å². The molecule has 1 aliphatic rings. The average Bonchev–Trinajstić information content (AvgIpc) is 2.99. The van der Waals surface area contributed by atoms with Crippen LogP contribution in [0.3, 0.4) is 0 Å². The number of hydrogen-bond donors (Lipinski definition) is 2. The van der Waals surface area contributed by atoms with E-state index in [9.17, 15) is 14.4 Å². The van der Waals surface area contributed by atoms with Crippen LogP contribution in [0, 0.1) is 0 Å². The highest BCUT2D eigenvalue weighted by Gasteiger charge is 2.25. The highest BCUT2D eigenvalue weighted by Crippen LogP contribution is 2.34. The molecule has 0 spiro atoms. The summed E-state index contributed by atoms with van der Waals surface area (Å²) in [6.45, 7) is 11.5. The van der Waals surface area contributed by atoms with Crippen LogP contribution >= 0.6 is 0 Å². The van der Waals surface area contributed by atoms with Crippen molar-refractivity contribution >= 4 is 18.2 Å². The van der Waals surface area contributed by atoms with Crippen molar-refractivity contribution < 1.29 is 38.1 Å². The number of cyclic esters (lactones) is 1. The largest absolute Gasteiger partial charge is 0.488 e. The van der Waals surface area contributed by atoms with E-state index in [4.69, 9.17) is 23.7 Å². The van der Waals surface area contributed by atoms with E-state index in [0.29, 0.717) is 22.6 Å². The zero-order valence-electron chi connectivity index (χ0n) is 19.5. The first-order valence-corrected chi connectivity index (χ1v) is 10.4. The lowest BCUT2D eigenvalue weighted by Crippen LogP contribution is -2.35. The number of alkyl carbamates (subject to hydrolysis) is 2. The molecule has 0 saturated heterocycles. The molecular weight excluding hydrogens is 420 g/mol. The molecule has 0 aliphatic carbocycles. The highest BCUT2D eigenvalue weighted by atomic mass is 16.6. The first-order valence-electron chi connectivity index (χ1n) is 10.4. The number of ether oxygens (including phenoxy) is 5. The van der Waals surface area contributed by atoms with Crippen molar-refractivity contribution in [2.24, 2.45) is 0 Å². The summed E-state index contributed by atoms with van der Waals surface area (Å²) in [6.07, 6.45) is -1.10. The number of carbonyl (C=O) groups is 3. The molecular formula is C22H32N2O8. The number of rotatable bonds is 8. The lowest BCUT2D eigenvalue weighted by molar-refractivity contribution is 0.0507. The van der Waals surface area contributed by atoms with E-state index in [0.717, 1.165) is 0 Å². The fraction of sp³-hybridized carbons (Fsp3) is 0.591. The van der Waals surface area contributed by atoms with E-state index in [1.807, 2.05) is 0 Å². The van der Waals surface area contributed by atoms with Gasteiger partial charge in [-0.3, -0.25) is 0 Å². The van der Waals surface area contributed by atoms with Crippen LogP contribution in [0.2, 0.25) is 0 Å². The van der Waals surface area contributed by atoms with Crippen LogP contribution in [0.4, 0.5) is 9.59 Å². The summed E-state index contributed by atoms with van der Waals surface area (Å²) in [5, 5.41) is 5.20. The Hall–Kier alpha value is -3.17. The quantitative estimate of drug-likeness (QED) is 0.350. The second-order valence-corrected chi connectivity index (χ2v) is 9.09. The molecule has 2 amide bonds. The molecule has 0 unspecified atom stereocenters. The maximum atomic E-state index is 11.9. The van der Waals surface area contributed by atoms with Gasteiger partial charge in [0, 0.05) is 5.56 Å². The zero-order chi connectivity index (χ0) is 23.9. The molecule has 32 heavy (non-hydrogen) atoms. The van der Waals surface area contributed by atoms with E-state index in [-0.39, 0.29) is 32.9 Å². The molecule has 2 N–H and O–H groups in total. The first-order chi connectivity index (χ1) is 14.8. The topological polar surface area (TPSA) is 121 Å². The Labute approximate surface area is 187 Å². The fourth-order valence-corrected chi connectivity index (χ4v) is 2.61. The van der Waals surface area contributed by atoms with E-state index < -0.39 is 29.4 Å². The van der Waals surface area contributed by atoms with Gasteiger partial charge in [0.05, 0.1) is 18.7 Å². The van der Waals surface area contributed by atoms with Crippen LogP contribution in [0.5, 0.6) is 11.5 Å². The Balaban J connectivity index is 1.91. The van der Waals surface area contributed by atoms with E-state index >= 15 is 0 Å². The average molecular weight is 453 g/mol. The lowest BCUT2D eigenvalue weighted by atomic mass is 10.1. The first kappa shape index (κ1) is 25.1. The normalized spacial score (nSPS) is 13.0. The molecule has 2 rings (SSSR count). The third-order valence-electron chi connectivity index (χ3n) is 3.80. The second-order valence-electron chi connectivity index (χ2n) is 9.09. The summed E-state index contributed by atoms with van der Waals surface area (Å²) in [7, 11) is 0. The van der Waals surface area contributed by atoms with Gasteiger partial charge in [-0.25, -0.2) is 14.4 Å². The van der Waals surface area contributed by atoms with Gasteiger partial charge >= 0.3 is 18.2 Å². The molecule has 1 aromatic carbocycles. The smallest absolute Gasteiger partial charge is 0.407 e. The number of hydrogen-bond acceptors (Lipinski definition) is 8. The lowest BCUT2D eigenvalue weighted by Gasteiger charge is -2.20. The van der Waals surface area contributed by atoms with E-state index in [1.54, 1.807) is 53.7 Å². The molecule has 10 heteroatoms. The van der Waals surface area contributed by atoms with E-state index in [1.165, 1.54) is 0 Å². The number of amides is 2. The molecule has 178 valence electrons. The fourth-order valence-electron chi connectivity index (χ4n) is 2.61. The predicted molar refractivity (Wildman–Crippen MR) is 115 cm³/mol. The number of fused-ring (bicyclic) bond motifs is 1. The number of nitrogens with one attached hydrogen (secondary N) is 2. The van der Waals surface area contributed by atoms with Gasteiger partial charge in [-0.15, -0.1) is 0 Å². The van der Waals surface area contributed by atoms with Gasteiger partial charge in [0.25, 0.3) is 0 Å². The molecule has 1 aromatic rings. The maximum absolute atomic E-state index is 11.9. The molecule has 1 heterocycles. The van der Waals surface area contributed by atoms with Gasteiger partial charge < -0.3 is 34.3 Å². The molecule has 0 bridgehead atoms. The standard InChI is InChI=1S/C22H32N2O8/c1-21(2,3)31-19(26)23-7-9-28-16-11-14-13-30-18(25)15(14)12-17(16)29-10-8-24-20(27)32-22(4,5)6/h11-12H,7-10,13H2,1-6H3,(H,23,26)(H,24,27). The third-order valence-corrected chi connectivity index (χ3v) is 3.80. The van der Waals surface area contributed by atoms with Crippen molar-refractivity contribution in [2.75, 3.05) is 26.3 Å². The van der Waals surface area contributed by atoms with Crippen molar-refractivity contribution in [2.45, 2.75) is 59.4 Å². The highest BCUT2D eigenvalue weighted by molar-refractivity contribution is 5.94. The van der Waals surface area contributed by atoms with E-state index in [2.05, 4.69) is 10.6 Å². The van der Waals surface area contributed by atoms with Crippen LogP contribution < -0.4 is 20.1 Å². The minimum Gasteiger partial charge on any atom is -0.488 e. The summed E-state index contributed by atoms with van der Waals surface area (Å²) in [5.41, 5.74) is -0.102. The minimum absolute atomic E-state index is 0.125. The van der Waals surface area contributed by atoms with Crippen molar-refractivity contribution in [3.05, 3.63) is 23.3 Å². The van der Waals surface area contributed by atoms with Crippen LogP contribution in [-0.4, -0.2) is 55.7 Å². The van der Waals surface area contributed by atoms with Gasteiger partial charge in [0.1, 0.15) is 31.0 Å². The van der Waals surface area contributed by atoms with Crippen molar-refractivity contribution in [3.63, 3.8) is 0 Å². The number of esters is 1. The summed E-state index contributed by atoms with van der Waals surface area (Å²) in [6, 6.07) is 3.22.